The summed E-state index contributed by atoms with van der Waals surface area (Å²) < 4.78 is 1.84. The molecule has 41 heavy (non-hydrogen) atoms. The molecule has 4 aromatic carbocycles. The molecule has 1 aliphatic heterocycles. The van der Waals surface area contributed by atoms with Crippen molar-refractivity contribution in [3.63, 3.8) is 0 Å². The molecule has 7 heteroatoms. The second kappa shape index (κ2) is 11.0. The summed E-state index contributed by atoms with van der Waals surface area (Å²) in [6.45, 7) is 3.53. The Kier molecular flexibility index (Phi) is 7.08. The molecule has 0 saturated heterocycles. The smallest absolute Gasteiger partial charge is 0.274 e. The van der Waals surface area contributed by atoms with E-state index < -0.39 is 6.04 Å². The maximum absolute atomic E-state index is 14.1. The number of para-hydroxylation sites is 1. The van der Waals surface area contributed by atoms with Gasteiger partial charge in [0.2, 0.25) is 0 Å². The van der Waals surface area contributed by atoms with Crippen molar-refractivity contribution in [3.05, 3.63) is 142 Å². The molecule has 0 radical (unpaired) electrons. The van der Waals surface area contributed by atoms with E-state index in [4.69, 9.17) is 21.8 Å². The van der Waals surface area contributed by atoms with Crippen LogP contribution in [0.5, 0.6) is 0 Å². The van der Waals surface area contributed by atoms with Gasteiger partial charge in [-0.2, -0.15) is 10.2 Å². The number of halogens is 1. The van der Waals surface area contributed by atoms with E-state index in [1.54, 1.807) is 29.3 Å². The van der Waals surface area contributed by atoms with Gasteiger partial charge in [-0.3, -0.25) is 9.59 Å². The van der Waals surface area contributed by atoms with Gasteiger partial charge in [0.05, 0.1) is 23.1 Å². The molecule has 1 amide bonds. The summed E-state index contributed by atoms with van der Waals surface area (Å²) >= 11 is 6.21. The van der Waals surface area contributed by atoms with Crippen LogP contribution in [0.2, 0.25) is 5.02 Å². The first-order valence-corrected chi connectivity index (χ1v) is 13.7. The van der Waals surface area contributed by atoms with Gasteiger partial charge in [-0.15, -0.1) is 0 Å². The first kappa shape index (κ1) is 26.4. The molecule has 1 atom stereocenters. The normalized spacial score (nSPS) is 14.7. The highest BCUT2D eigenvalue weighted by Crippen LogP contribution is 2.39. The van der Waals surface area contributed by atoms with E-state index in [0.717, 1.165) is 39.3 Å². The van der Waals surface area contributed by atoms with Crippen molar-refractivity contribution >= 4 is 29.0 Å². The summed E-state index contributed by atoms with van der Waals surface area (Å²) in [6.07, 6.45) is 2.48. The first-order chi connectivity index (χ1) is 19.9. The molecule has 0 aliphatic carbocycles. The number of Topliss-reactive ketones (excluding diaryl/α,β-unsaturated/α-hetero) is 1. The van der Waals surface area contributed by atoms with Crippen molar-refractivity contribution in [3.8, 4) is 16.9 Å². The minimum atomic E-state index is -0.428. The van der Waals surface area contributed by atoms with Crippen LogP contribution in [0.3, 0.4) is 0 Å². The van der Waals surface area contributed by atoms with Crippen LogP contribution in [0.4, 0.5) is 0 Å². The van der Waals surface area contributed by atoms with Crippen molar-refractivity contribution in [2.75, 3.05) is 0 Å². The Morgan fingerprint density at radius 3 is 2.22 bits per heavy atom. The van der Waals surface area contributed by atoms with Crippen LogP contribution < -0.4 is 0 Å². The molecule has 1 aromatic heterocycles. The van der Waals surface area contributed by atoms with E-state index in [-0.39, 0.29) is 11.7 Å². The third kappa shape index (κ3) is 5.34. The van der Waals surface area contributed by atoms with Crippen LogP contribution in [-0.4, -0.2) is 32.2 Å². The maximum atomic E-state index is 14.1. The Labute approximate surface area is 243 Å². The topological polar surface area (TPSA) is 67.6 Å². The van der Waals surface area contributed by atoms with Gasteiger partial charge < -0.3 is 0 Å². The molecular weight excluding hydrogens is 532 g/mol. The van der Waals surface area contributed by atoms with Gasteiger partial charge in [0.15, 0.2) is 5.78 Å². The molecule has 1 unspecified atom stereocenters. The number of amides is 1. The Bertz CT molecular complexity index is 1770. The summed E-state index contributed by atoms with van der Waals surface area (Å²) in [6, 6.07) is 31.9. The van der Waals surface area contributed by atoms with Crippen LogP contribution in [0.15, 0.2) is 114 Å². The lowest BCUT2D eigenvalue weighted by atomic mass is 9.95. The molecule has 0 N–H and O–H groups in total. The summed E-state index contributed by atoms with van der Waals surface area (Å²) in [5.74, 6) is -0.384. The molecule has 0 spiro atoms. The van der Waals surface area contributed by atoms with Gasteiger partial charge >= 0.3 is 0 Å². The predicted octanol–water partition coefficient (Wildman–Crippen LogP) is 7.70. The number of aromatic nitrogens is 2. The highest BCUT2D eigenvalue weighted by atomic mass is 35.5. The predicted molar refractivity (Wildman–Crippen MR) is 162 cm³/mol. The monoisotopic (exact) mass is 558 g/mol. The van der Waals surface area contributed by atoms with Crippen molar-refractivity contribution in [2.45, 2.75) is 26.3 Å². The Morgan fingerprint density at radius 1 is 0.829 bits per heavy atom. The van der Waals surface area contributed by atoms with Crippen molar-refractivity contribution in [1.29, 1.82) is 0 Å². The van der Waals surface area contributed by atoms with Gasteiger partial charge in [0.1, 0.15) is 0 Å². The quantitative estimate of drug-likeness (QED) is 0.201. The standard InChI is InChI=1S/C34H27ClN4O2/c1-22-11-13-24(14-12-22)31-20-32(39(36-31)34(41)27-8-6-7-26(19-27)23(2)40)30-21-38(29-9-4-3-5-10-29)37-33(30)25-15-17-28(35)18-16-25/h3-19,21,32H,20H2,1-2H3. The fourth-order valence-electron chi connectivity index (χ4n) is 5.04. The summed E-state index contributed by atoms with van der Waals surface area (Å²) in [5, 5.41) is 12.0. The third-order valence-corrected chi connectivity index (χ3v) is 7.51. The Hall–Kier alpha value is -4.81. The highest BCUT2D eigenvalue weighted by molar-refractivity contribution is 6.30. The van der Waals surface area contributed by atoms with Gasteiger partial charge in [0.25, 0.3) is 5.91 Å². The second-order valence-electron chi connectivity index (χ2n) is 10.1. The molecule has 6 nitrogen and oxygen atoms in total. The van der Waals surface area contributed by atoms with Crippen LogP contribution >= 0.6 is 11.6 Å². The van der Waals surface area contributed by atoms with Crippen molar-refractivity contribution in [2.24, 2.45) is 5.10 Å². The number of benzene rings is 4. The lowest BCUT2D eigenvalue weighted by Crippen LogP contribution is -2.27. The zero-order valence-electron chi connectivity index (χ0n) is 22.7. The molecule has 6 rings (SSSR count). The molecule has 1 aliphatic rings. The lowest BCUT2D eigenvalue weighted by Gasteiger charge is -2.22. The van der Waals surface area contributed by atoms with Crippen LogP contribution in [0.1, 0.15) is 56.8 Å². The number of carbonyl (C=O) groups is 2. The van der Waals surface area contributed by atoms with E-state index in [1.165, 1.54) is 6.92 Å². The van der Waals surface area contributed by atoms with Crippen LogP contribution in [-0.2, 0) is 0 Å². The van der Waals surface area contributed by atoms with Gasteiger partial charge in [0, 0.05) is 39.9 Å². The zero-order valence-corrected chi connectivity index (χ0v) is 23.4. The zero-order chi connectivity index (χ0) is 28.5. The molecule has 0 bridgehead atoms. The molecule has 0 fully saturated rings. The number of aryl methyl sites for hydroxylation is 1. The number of carbonyl (C=O) groups excluding carboxylic acids is 2. The van der Waals surface area contributed by atoms with Crippen LogP contribution in [0.25, 0.3) is 16.9 Å². The van der Waals surface area contributed by atoms with E-state index in [1.807, 2.05) is 96.7 Å². The van der Waals surface area contributed by atoms with Crippen molar-refractivity contribution in [1.82, 2.24) is 14.8 Å². The van der Waals surface area contributed by atoms with E-state index in [9.17, 15) is 9.59 Å². The molecular formula is C34H27ClN4O2. The SMILES string of the molecule is CC(=O)c1cccc(C(=O)N2N=C(c3ccc(C)cc3)CC2c2cn(-c3ccccc3)nc2-c2ccc(Cl)cc2)c1. The highest BCUT2D eigenvalue weighted by Gasteiger charge is 2.36. The number of nitrogens with zero attached hydrogens (tertiary/aromatic N) is 4. The first-order valence-electron chi connectivity index (χ1n) is 13.4. The average Bonchev–Trinajstić information content (AvgIpc) is 3.63. The van der Waals surface area contributed by atoms with E-state index in [2.05, 4.69) is 0 Å². The van der Waals surface area contributed by atoms with Gasteiger partial charge in [-0.1, -0.05) is 83.9 Å². The minimum Gasteiger partial charge on any atom is -0.295 e. The Morgan fingerprint density at radius 2 is 1.51 bits per heavy atom. The summed E-state index contributed by atoms with van der Waals surface area (Å²) in [5.41, 5.74) is 7.18. The third-order valence-electron chi connectivity index (χ3n) is 7.26. The van der Waals surface area contributed by atoms with E-state index >= 15 is 0 Å². The fourth-order valence-corrected chi connectivity index (χ4v) is 5.17. The van der Waals surface area contributed by atoms with Crippen molar-refractivity contribution < 1.29 is 9.59 Å². The number of hydrazone groups is 1. The Balaban J connectivity index is 1.49. The molecule has 2 heterocycles. The van der Waals surface area contributed by atoms with Gasteiger partial charge in [-0.05, 0) is 55.8 Å². The number of rotatable bonds is 6. The summed E-state index contributed by atoms with van der Waals surface area (Å²) in [7, 11) is 0. The summed E-state index contributed by atoms with van der Waals surface area (Å²) in [4.78, 5) is 26.2. The van der Waals surface area contributed by atoms with E-state index in [0.29, 0.717) is 22.6 Å². The average molecular weight is 559 g/mol. The van der Waals surface area contributed by atoms with Crippen LogP contribution in [0, 0.1) is 6.92 Å². The molecule has 202 valence electrons. The second-order valence-corrected chi connectivity index (χ2v) is 10.6. The number of hydrogen-bond acceptors (Lipinski definition) is 4. The largest absolute Gasteiger partial charge is 0.295 e. The van der Waals surface area contributed by atoms with Gasteiger partial charge in [-0.25, -0.2) is 9.69 Å². The lowest BCUT2D eigenvalue weighted by molar-refractivity contribution is 0.0711. The number of hydrogen-bond donors (Lipinski definition) is 0. The molecule has 5 aromatic rings. The minimum absolute atomic E-state index is 0.101. The maximum Gasteiger partial charge on any atom is 0.274 e. The number of ketones is 1. The molecule has 0 saturated carbocycles. The fraction of sp³-hybridized carbons (Fsp3) is 0.118.